The Morgan fingerprint density at radius 2 is 1.90 bits per heavy atom. The summed E-state index contributed by atoms with van der Waals surface area (Å²) in [7, 11) is 1.30. The highest BCUT2D eigenvalue weighted by Crippen LogP contribution is 2.70. The first-order chi connectivity index (χ1) is 19.2. The molecule has 1 aromatic rings. The summed E-state index contributed by atoms with van der Waals surface area (Å²) >= 11 is 0. The van der Waals surface area contributed by atoms with Gasteiger partial charge in [-0.15, -0.1) is 0 Å². The molecule has 1 aliphatic heterocycles. The van der Waals surface area contributed by atoms with Crippen LogP contribution in [0.1, 0.15) is 78.9 Å². The summed E-state index contributed by atoms with van der Waals surface area (Å²) in [4.78, 5) is 53.4. The van der Waals surface area contributed by atoms with E-state index in [0.717, 1.165) is 0 Å². The minimum absolute atomic E-state index is 0.0138. The molecule has 1 aromatic heterocycles. The molecule has 2 heterocycles. The van der Waals surface area contributed by atoms with Crippen molar-refractivity contribution >= 4 is 23.7 Å². The van der Waals surface area contributed by atoms with Gasteiger partial charge in [0.2, 0.25) is 0 Å². The number of cyclic esters (lactones) is 1. The highest BCUT2D eigenvalue weighted by atomic mass is 16.6. The number of ketones is 1. The van der Waals surface area contributed by atoms with Crippen molar-refractivity contribution in [2.45, 2.75) is 85.0 Å². The van der Waals surface area contributed by atoms with Crippen molar-refractivity contribution in [2.75, 3.05) is 7.11 Å². The maximum absolute atomic E-state index is 14.5. The fourth-order valence-electron chi connectivity index (χ4n) is 8.80. The molecule has 41 heavy (non-hydrogen) atoms. The van der Waals surface area contributed by atoms with Gasteiger partial charge in [-0.2, -0.15) is 0 Å². The third kappa shape index (κ3) is 4.06. The quantitative estimate of drug-likeness (QED) is 0.307. The topological polar surface area (TPSA) is 129 Å². The number of methoxy groups -OCH3 is 1. The van der Waals surface area contributed by atoms with Gasteiger partial charge >= 0.3 is 17.9 Å². The van der Waals surface area contributed by atoms with Gasteiger partial charge in [-0.25, -0.2) is 9.59 Å². The molecule has 1 N–H and O–H groups in total. The lowest BCUT2D eigenvalue weighted by Gasteiger charge is -2.67. The fourth-order valence-corrected chi connectivity index (χ4v) is 8.80. The van der Waals surface area contributed by atoms with Gasteiger partial charge in [0.05, 0.1) is 31.2 Å². The van der Waals surface area contributed by atoms with Crippen molar-refractivity contribution in [2.24, 2.45) is 34.0 Å². The van der Waals surface area contributed by atoms with E-state index in [2.05, 4.69) is 0 Å². The Morgan fingerprint density at radius 1 is 1.20 bits per heavy atom. The summed E-state index contributed by atoms with van der Waals surface area (Å²) < 4.78 is 22.2. The van der Waals surface area contributed by atoms with E-state index in [1.807, 2.05) is 27.7 Å². The number of furan rings is 1. The van der Waals surface area contributed by atoms with Crippen molar-refractivity contribution in [3.63, 3.8) is 0 Å². The summed E-state index contributed by atoms with van der Waals surface area (Å²) in [5.74, 6) is -3.81. The fraction of sp³-hybridized carbons (Fsp3) is 0.625. The second-order valence-electron chi connectivity index (χ2n) is 13.3. The average molecular weight is 569 g/mol. The monoisotopic (exact) mass is 568 g/mol. The van der Waals surface area contributed by atoms with Gasteiger partial charge in [0.25, 0.3) is 0 Å². The van der Waals surface area contributed by atoms with E-state index in [4.69, 9.17) is 18.6 Å². The molecular weight excluding hydrogens is 528 g/mol. The number of carbonyl (C=O) groups is 4. The van der Waals surface area contributed by atoms with Crippen LogP contribution in [0.15, 0.2) is 46.3 Å². The molecule has 0 unspecified atom stereocenters. The van der Waals surface area contributed by atoms with Crippen LogP contribution in [-0.4, -0.2) is 47.6 Å². The Balaban J connectivity index is 1.68. The van der Waals surface area contributed by atoms with Gasteiger partial charge in [0.15, 0.2) is 0 Å². The predicted octanol–water partition coefficient (Wildman–Crippen LogP) is 4.64. The first-order valence-electron chi connectivity index (χ1n) is 14.3. The number of rotatable bonds is 5. The molecule has 3 aliphatic carbocycles. The second-order valence-corrected chi connectivity index (χ2v) is 13.3. The van der Waals surface area contributed by atoms with E-state index < -0.39 is 69.7 Å². The maximum Gasteiger partial charge on any atom is 0.333 e. The largest absolute Gasteiger partial charge is 0.472 e. The van der Waals surface area contributed by atoms with E-state index in [0.29, 0.717) is 29.6 Å². The molecule has 9 nitrogen and oxygen atoms in total. The standard InChI is InChI=1S/C32H40O9/c1-8-17(2)28(36)41-27-19-15-32(37)20(31(6,25(19)35)21(29(27,3)4)13-23(33)38-7)9-11-30(5)22(32)14-24(34)40-26(30)18-10-12-39-16-18/h8,10,12,14,16,19-21,26-27,37H,9,11,13,15H2,1-7H3/b17-8+/t19-,20-,21+,26+,27-,30-,31-,32-/m1/s1. The number of esters is 3. The van der Waals surface area contributed by atoms with Gasteiger partial charge in [0, 0.05) is 45.8 Å². The number of ether oxygens (including phenoxy) is 3. The van der Waals surface area contributed by atoms with Crippen LogP contribution in [0, 0.1) is 34.0 Å². The van der Waals surface area contributed by atoms with E-state index in [9.17, 15) is 24.3 Å². The zero-order valence-electron chi connectivity index (χ0n) is 24.8. The molecule has 2 bridgehead atoms. The highest BCUT2D eigenvalue weighted by Gasteiger charge is 2.74. The SMILES string of the molecule is C/C=C(\C)C(=O)O[C@@H]1[C@@H]2C[C@]3(O)C4=CC(=O)O[C@@H](c5ccoc5)[C@]4(C)CC[C@@H]3[C@@](C)(C2=O)[C@@H](CC(=O)OC)C1(C)C. The molecule has 0 spiro atoms. The molecule has 5 rings (SSSR count). The van der Waals surface area contributed by atoms with Gasteiger partial charge in [-0.1, -0.05) is 33.8 Å². The number of allylic oxidation sites excluding steroid dienone is 1. The Kier molecular flexibility index (Phi) is 6.92. The van der Waals surface area contributed by atoms with E-state index in [-0.39, 0.29) is 18.6 Å². The van der Waals surface area contributed by atoms with E-state index >= 15 is 0 Å². The summed E-state index contributed by atoms with van der Waals surface area (Å²) in [6.45, 7) is 11.0. The molecule has 0 saturated heterocycles. The van der Waals surface area contributed by atoms with E-state index in [1.54, 1.807) is 26.0 Å². The third-order valence-electron chi connectivity index (χ3n) is 11.0. The zero-order valence-corrected chi connectivity index (χ0v) is 24.8. The summed E-state index contributed by atoms with van der Waals surface area (Å²) in [5, 5.41) is 12.8. The lowest BCUT2D eigenvalue weighted by Crippen LogP contribution is -2.73. The molecule has 9 heteroatoms. The van der Waals surface area contributed by atoms with Crippen molar-refractivity contribution in [3.8, 4) is 0 Å². The van der Waals surface area contributed by atoms with Crippen LogP contribution in [0.25, 0.3) is 0 Å². The molecule has 222 valence electrons. The van der Waals surface area contributed by atoms with Crippen LogP contribution in [0.3, 0.4) is 0 Å². The summed E-state index contributed by atoms with van der Waals surface area (Å²) in [6.07, 6.45) is 5.37. The number of aliphatic hydroxyl groups is 1. The summed E-state index contributed by atoms with van der Waals surface area (Å²) in [6, 6.07) is 1.75. The van der Waals surface area contributed by atoms with Gasteiger partial charge in [0.1, 0.15) is 18.0 Å². The number of Topliss-reactive ketones (excluding diaryl/α,β-unsaturated/α-hetero) is 1. The smallest absolute Gasteiger partial charge is 0.333 e. The number of fused-ring (bicyclic) bond motifs is 6. The molecule has 8 atom stereocenters. The first-order valence-corrected chi connectivity index (χ1v) is 14.3. The molecule has 3 fully saturated rings. The van der Waals surface area contributed by atoms with Gasteiger partial charge in [-0.3, -0.25) is 9.59 Å². The molecule has 0 amide bonds. The third-order valence-corrected chi connectivity index (χ3v) is 11.0. The molecule has 0 radical (unpaired) electrons. The van der Waals surface area contributed by atoms with Gasteiger partial charge in [-0.05, 0) is 50.7 Å². The van der Waals surface area contributed by atoms with E-state index in [1.165, 1.54) is 25.7 Å². The second kappa shape index (κ2) is 9.68. The van der Waals surface area contributed by atoms with Crippen molar-refractivity contribution < 1.29 is 42.9 Å². The van der Waals surface area contributed by atoms with Crippen LogP contribution in [-0.2, 0) is 33.4 Å². The molecule has 4 aliphatic rings. The normalized spacial score (nSPS) is 39.6. The zero-order chi connectivity index (χ0) is 30.1. The Hall–Kier alpha value is -3.20. The van der Waals surface area contributed by atoms with Crippen molar-refractivity contribution in [1.82, 2.24) is 0 Å². The highest BCUT2D eigenvalue weighted by molar-refractivity contribution is 5.93. The van der Waals surface area contributed by atoms with Gasteiger partial charge < -0.3 is 23.7 Å². The molecule has 3 saturated carbocycles. The average Bonchev–Trinajstić information content (AvgIpc) is 3.46. The Morgan fingerprint density at radius 3 is 2.51 bits per heavy atom. The van der Waals surface area contributed by atoms with Crippen LogP contribution in [0.5, 0.6) is 0 Å². The summed E-state index contributed by atoms with van der Waals surface area (Å²) in [5.41, 5.74) is -2.75. The number of hydrogen-bond acceptors (Lipinski definition) is 9. The van der Waals surface area contributed by atoms with Crippen molar-refractivity contribution in [1.29, 1.82) is 0 Å². The van der Waals surface area contributed by atoms with Crippen LogP contribution in [0.4, 0.5) is 0 Å². The minimum Gasteiger partial charge on any atom is -0.472 e. The first kappa shape index (κ1) is 29.3. The predicted molar refractivity (Wildman–Crippen MR) is 146 cm³/mol. The Labute approximate surface area is 240 Å². The van der Waals surface area contributed by atoms with Crippen LogP contribution >= 0.6 is 0 Å². The number of carbonyl (C=O) groups excluding carboxylic acids is 4. The van der Waals surface area contributed by atoms with Crippen molar-refractivity contribution in [3.05, 3.63) is 47.5 Å². The number of hydrogen-bond donors (Lipinski definition) is 1. The maximum atomic E-state index is 14.5. The lowest BCUT2D eigenvalue weighted by atomic mass is 9.37. The van der Waals surface area contributed by atoms with Crippen LogP contribution < -0.4 is 0 Å². The molecule has 0 aromatic carbocycles. The Bertz CT molecular complexity index is 1340. The lowest BCUT2D eigenvalue weighted by molar-refractivity contribution is -0.234. The van der Waals surface area contributed by atoms with Crippen LogP contribution in [0.2, 0.25) is 0 Å². The molecular formula is C32H40O9. The minimum atomic E-state index is -1.59.